The summed E-state index contributed by atoms with van der Waals surface area (Å²) in [6.07, 6.45) is 4.55. The van der Waals surface area contributed by atoms with Crippen LogP contribution in [-0.2, 0) is 4.79 Å². The maximum atomic E-state index is 10.9. The van der Waals surface area contributed by atoms with Crippen LogP contribution in [0.4, 0.5) is 0 Å². The van der Waals surface area contributed by atoms with Crippen LogP contribution in [-0.4, -0.2) is 11.1 Å². The van der Waals surface area contributed by atoms with Crippen molar-refractivity contribution in [3.63, 3.8) is 0 Å². The predicted molar refractivity (Wildman–Crippen MR) is 40.9 cm³/mol. The Balaban J connectivity index is 2.27. The van der Waals surface area contributed by atoms with Gasteiger partial charge in [0, 0.05) is 0 Å². The van der Waals surface area contributed by atoms with Crippen molar-refractivity contribution in [3.8, 4) is 0 Å². The Kier molecular flexibility index (Phi) is 1.16. The van der Waals surface area contributed by atoms with Crippen molar-refractivity contribution in [2.75, 3.05) is 0 Å². The van der Waals surface area contributed by atoms with Crippen molar-refractivity contribution in [1.82, 2.24) is 0 Å². The highest BCUT2D eigenvalue weighted by molar-refractivity contribution is 5.76. The summed E-state index contributed by atoms with van der Waals surface area (Å²) in [7, 11) is 0. The van der Waals surface area contributed by atoms with Gasteiger partial charge in [0.15, 0.2) is 0 Å². The van der Waals surface area contributed by atoms with Gasteiger partial charge in [-0.05, 0) is 44.4 Å². The van der Waals surface area contributed by atoms with Crippen LogP contribution in [0.3, 0.4) is 0 Å². The van der Waals surface area contributed by atoms with Crippen LogP contribution in [0, 0.1) is 17.8 Å². The van der Waals surface area contributed by atoms with E-state index in [1.165, 1.54) is 0 Å². The van der Waals surface area contributed by atoms with Crippen molar-refractivity contribution in [2.24, 2.45) is 10.8 Å². The van der Waals surface area contributed by atoms with Gasteiger partial charge >= 0.3 is 5.97 Å². The van der Waals surface area contributed by atoms with Gasteiger partial charge in [0.05, 0.1) is 5.41 Å². The van der Waals surface area contributed by atoms with Crippen molar-refractivity contribution >= 4 is 5.97 Å². The maximum absolute atomic E-state index is 10.9. The molecule has 0 heterocycles. The second kappa shape index (κ2) is 1.79. The standard InChI is InChI=1S/C9H13O2/c1-8-2-4-9(6-8,5-3-8)7(10)11/h1-6H2,(H,10,11). The van der Waals surface area contributed by atoms with Crippen molar-refractivity contribution in [3.05, 3.63) is 6.92 Å². The summed E-state index contributed by atoms with van der Waals surface area (Å²) >= 11 is 0. The number of carbonyl (C=O) groups is 1. The summed E-state index contributed by atoms with van der Waals surface area (Å²) in [5.74, 6) is -0.597. The van der Waals surface area contributed by atoms with E-state index < -0.39 is 5.97 Å². The summed E-state index contributed by atoms with van der Waals surface area (Å²) in [5.41, 5.74) is -0.250. The second-order valence-corrected chi connectivity index (χ2v) is 4.26. The highest BCUT2D eigenvalue weighted by atomic mass is 16.4. The van der Waals surface area contributed by atoms with E-state index in [4.69, 9.17) is 5.11 Å². The first-order chi connectivity index (χ1) is 5.06. The minimum atomic E-state index is -0.597. The number of hydrogen-bond acceptors (Lipinski definition) is 1. The van der Waals surface area contributed by atoms with Crippen LogP contribution in [0.2, 0.25) is 0 Å². The molecule has 2 aliphatic carbocycles. The maximum Gasteiger partial charge on any atom is 0.309 e. The Morgan fingerprint density at radius 2 is 1.82 bits per heavy atom. The molecular weight excluding hydrogens is 140 g/mol. The fraction of sp³-hybridized carbons (Fsp3) is 0.778. The van der Waals surface area contributed by atoms with Crippen LogP contribution in [0.5, 0.6) is 0 Å². The lowest BCUT2D eigenvalue weighted by molar-refractivity contribution is -0.148. The number of carboxylic acids is 1. The number of aliphatic carboxylic acids is 1. The van der Waals surface area contributed by atoms with Crippen LogP contribution in [0.1, 0.15) is 32.1 Å². The lowest BCUT2D eigenvalue weighted by Crippen LogP contribution is -2.25. The monoisotopic (exact) mass is 153 g/mol. The smallest absolute Gasteiger partial charge is 0.309 e. The summed E-state index contributed by atoms with van der Waals surface area (Å²) < 4.78 is 0. The van der Waals surface area contributed by atoms with Gasteiger partial charge in [-0.2, -0.15) is 0 Å². The number of fused-ring (bicyclic) bond motifs is 2. The predicted octanol–water partition coefficient (Wildman–Crippen LogP) is 1.86. The molecule has 2 rings (SSSR count). The molecule has 0 spiro atoms. The Bertz CT molecular complexity index is 200. The first kappa shape index (κ1) is 7.14. The fourth-order valence-corrected chi connectivity index (χ4v) is 2.62. The van der Waals surface area contributed by atoms with Gasteiger partial charge in [0.2, 0.25) is 0 Å². The first-order valence-corrected chi connectivity index (χ1v) is 4.15. The molecule has 2 heteroatoms. The molecule has 0 atom stereocenters. The summed E-state index contributed by atoms with van der Waals surface area (Å²) in [6.45, 7) is 4.09. The molecular formula is C9H13O2. The lowest BCUT2D eigenvalue weighted by atomic mass is 9.83. The van der Waals surface area contributed by atoms with E-state index in [0.29, 0.717) is 0 Å². The molecule has 0 aliphatic heterocycles. The van der Waals surface area contributed by atoms with Crippen LogP contribution < -0.4 is 0 Å². The van der Waals surface area contributed by atoms with Crippen molar-refractivity contribution in [2.45, 2.75) is 32.1 Å². The minimum Gasteiger partial charge on any atom is -0.481 e. The van der Waals surface area contributed by atoms with Gasteiger partial charge < -0.3 is 5.11 Å². The number of rotatable bonds is 1. The molecule has 2 saturated carbocycles. The normalized spacial score (nSPS) is 48.1. The Morgan fingerprint density at radius 1 is 1.27 bits per heavy atom. The van der Waals surface area contributed by atoms with Gasteiger partial charge in [0.1, 0.15) is 0 Å². The number of carboxylic acid groups (broad SMARTS) is 1. The molecule has 61 valence electrons. The zero-order chi connectivity index (χ0) is 8.11. The van der Waals surface area contributed by atoms with E-state index in [-0.39, 0.29) is 10.8 Å². The molecule has 2 fully saturated rings. The summed E-state index contributed by atoms with van der Waals surface area (Å²) in [4.78, 5) is 10.9. The third kappa shape index (κ3) is 0.815. The molecule has 2 aliphatic rings. The summed E-state index contributed by atoms with van der Waals surface area (Å²) in [5, 5.41) is 8.98. The largest absolute Gasteiger partial charge is 0.481 e. The molecule has 11 heavy (non-hydrogen) atoms. The highest BCUT2D eigenvalue weighted by Gasteiger charge is 2.55. The Morgan fingerprint density at radius 3 is 2.00 bits per heavy atom. The second-order valence-electron chi connectivity index (χ2n) is 4.26. The molecule has 0 saturated heterocycles. The Labute approximate surface area is 66.6 Å². The quantitative estimate of drug-likeness (QED) is 0.624. The van der Waals surface area contributed by atoms with Gasteiger partial charge in [-0.1, -0.05) is 0 Å². The third-order valence-corrected chi connectivity index (χ3v) is 3.43. The van der Waals surface area contributed by atoms with E-state index in [2.05, 4.69) is 6.92 Å². The van der Waals surface area contributed by atoms with Gasteiger partial charge in [-0.15, -0.1) is 0 Å². The first-order valence-electron chi connectivity index (χ1n) is 4.15. The van der Waals surface area contributed by atoms with Crippen molar-refractivity contribution in [1.29, 1.82) is 0 Å². The third-order valence-electron chi connectivity index (χ3n) is 3.43. The fourth-order valence-electron chi connectivity index (χ4n) is 2.62. The molecule has 1 N–H and O–H groups in total. The topological polar surface area (TPSA) is 37.3 Å². The average molecular weight is 153 g/mol. The SMILES string of the molecule is [CH2]C12CCC(C(=O)O)(CC1)C2. The molecule has 0 aromatic heterocycles. The average Bonchev–Trinajstić information content (AvgIpc) is 2.42. The van der Waals surface area contributed by atoms with Crippen LogP contribution >= 0.6 is 0 Å². The van der Waals surface area contributed by atoms with E-state index in [9.17, 15) is 4.79 Å². The van der Waals surface area contributed by atoms with Gasteiger partial charge in [0.25, 0.3) is 0 Å². The molecule has 0 aromatic carbocycles. The molecule has 0 amide bonds. The van der Waals surface area contributed by atoms with E-state index >= 15 is 0 Å². The molecule has 0 unspecified atom stereocenters. The van der Waals surface area contributed by atoms with Crippen LogP contribution in [0.15, 0.2) is 0 Å². The van der Waals surface area contributed by atoms with Gasteiger partial charge in [-0.25, -0.2) is 0 Å². The van der Waals surface area contributed by atoms with E-state index in [1.807, 2.05) is 0 Å². The van der Waals surface area contributed by atoms with E-state index in [1.54, 1.807) is 0 Å². The van der Waals surface area contributed by atoms with E-state index in [0.717, 1.165) is 32.1 Å². The lowest BCUT2D eigenvalue weighted by Gasteiger charge is -2.21. The van der Waals surface area contributed by atoms with Gasteiger partial charge in [-0.3, -0.25) is 4.79 Å². The zero-order valence-electron chi connectivity index (χ0n) is 6.60. The molecule has 1 radical (unpaired) electrons. The molecule has 2 nitrogen and oxygen atoms in total. The Hall–Kier alpha value is -0.530. The zero-order valence-corrected chi connectivity index (χ0v) is 6.60. The molecule has 0 aromatic rings. The minimum absolute atomic E-state index is 0.123. The van der Waals surface area contributed by atoms with Crippen LogP contribution in [0.25, 0.3) is 0 Å². The highest BCUT2D eigenvalue weighted by Crippen LogP contribution is 2.61. The van der Waals surface area contributed by atoms with Crippen molar-refractivity contribution < 1.29 is 9.90 Å². The molecule has 2 bridgehead atoms. The number of hydrogen-bond donors (Lipinski definition) is 1. The summed E-state index contributed by atoms with van der Waals surface area (Å²) in [6, 6.07) is 0.